The third-order valence-corrected chi connectivity index (χ3v) is 8.61. The predicted octanol–water partition coefficient (Wildman–Crippen LogP) is 13.8. The zero-order valence-corrected chi connectivity index (χ0v) is 35.4. The lowest BCUT2D eigenvalue weighted by Crippen LogP contribution is -2.11. The molecule has 0 amide bonds. The molecule has 0 saturated carbocycles. The molecule has 0 spiro atoms. The maximum absolute atomic E-state index is 15.9. The van der Waals surface area contributed by atoms with E-state index in [1.54, 1.807) is 13.0 Å². The zero-order valence-electron chi connectivity index (χ0n) is 35.4. The van der Waals surface area contributed by atoms with Gasteiger partial charge in [0.05, 0.1) is 6.61 Å². The van der Waals surface area contributed by atoms with Gasteiger partial charge in [0.15, 0.2) is 0 Å². The lowest BCUT2D eigenvalue weighted by molar-refractivity contribution is 0.280. The highest BCUT2D eigenvalue weighted by Crippen LogP contribution is 2.40. The molecular weight excluding hydrogens is 605 g/mol. The number of unbranched alkanes of at least 4 members (excludes halogenated alkanes) is 1. The van der Waals surface area contributed by atoms with Crippen LogP contribution in [0.3, 0.4) is 0 Å². The molecule has 0 aliphatic carbocycles. The van der Waals surface area contributed by atoms with Crippen molar-refractivity contribution in [1.29, 1.82) is 0 Å². The smallest absolute Gasteiger partial charge is 0.134 e. The van der Waals surface area contributed by atoms with Crippen LogP contribution in [0.5, 0.6) is 0 Å². The van der Waals surface area contributed by atoms with E-state index in [1.807, 2.05) is 55.4 Å². The Kier molecular flexibility index (Phi) is 32.7. The summed E-state index contributed by atoms with van der Waals surface area (Å²) in [7, 11) is 0. The van der Waals surface area contributed by atoms with Crippen LogP contribution in [-0.4, -0.2) is 16.8 Å². The average Bonchev–Trinajstić information content (AvgIpc) is 3.08. The van der Waals surface area contributed by atoms with Crippen molar-refractivity contribution in [2.75, 3.05) is 6.61 Å². The molecular formula is C45H80FNO2. The van der Waals surface area contributed by atoms with Gasteiger partial charge in [-0.3, -0.25) is 0 Å². The first-order chi connectivity index (χ1) is 22.8. The molecule has 4 N–H and O–H groups in total. The molecule has 49 heavy (non-hydrogen) atoms. The van der Waals surface area contributed by atoms with Crippen molar-refractivity contribution < 1.29 is 14.6 Å². The van der Waals surface area contributed by atoms with E-state index >= 15 is 4.39 Å². The van der Waals surface area contributed by atoms with E-state index in [0.29, 0.717) is 40.8 Å². The first-order valence-electron chi connectivity index (χ1n) is 18.6. The van der Waals surface area contributed by atoms with Gasteiger partial charge >= 0.3 is 0 Å². The first-order valence-corrected chi connectivity index (χ1v) is 18.6. The van der Waals surface area contributed by atoms with Crippen molar-refractivity contribution in [3.05, 3.63) is 92.5 Å². The quantitative estimate of drug-likeness (QED) is 0.152. The lowest BCUT2D eigenvalue weighted by atomic mass is 9.80. The van der Waals surface area contributed by atoms with Crippen LogP contribution in [0.15, 0.2) is 58.9 Å². The number of benzene rings is 1. The molecule has 3 nitrogen and oxygen atoms in total. The van der Waals surface area contributed by atoms with Crippen molar-refractivity contribution in [3.63, 3.8) is 0 Å². The fourth-order valence-electron chi connectivity index (χ4n) is 4.19. The minimum absolute atomic E-state index is 0.158. The van der Waals surface area contributed by atoms with Gasteiger partial charge in [0.2, 0.25) is 0 Å². The van der Waals surface area contributed by atoms with E-state index in [0.717, 1.165) is 51.8 Å². The van der Waals surface area contributed by atoms with Crippen molar-refractivity contribution in [2.24, 2.45) is 11.1 Å². The van der Waals surface area contributed by atoms with Gasteiger partial charge in [0.25, 0.3) is 0 Å². The minimum Gasteiger partial charge on any atom is -0.402 e. The molecule has 0 heterocycles. The highest BCUT2D eigenvalue weighted by atomic mass is 19.1. The number of allylic oxidation sites excluding steroid dienone is 9. The molecule has 0 aliphatic rings. The number of hydrogen-bond donors (Lipinski definition) is 3. The second-order valence-corrected chi connectivity index (χ2v) is 13.5. The second kappa shape index (κ2) is 30.2. The largest absolute Gasteiger partial charge is 0.402 e. The van der Waals surface area contributed by atoms with Gasteiger partial charge in [0.1, 0.15) is 5.82 Å². The first kappa shape index (κ1) is 53.1. The fraction of sp³-hybridized carbons (Fsp3) is 0.600. The molecule has 4 heteroatoms. The standard InChI is InChI=1S/C27H38FNO.C7H16.C4H8.C4H10.C3H8O/c1-10-14-23(25(18(7)20(9)29)17(6)16(5)11-2)26-22(13-4)24(15-30)21(12-3)19(8)27(26)28;1-5-7(3,4)6-2;1-4(2)3;1-3-4-2;1-2-3-4/h11-12,14,30H,3,10,13,15,29H2,1-2,4-9H3;5-6H2,1-4H3;1H2,2-3H3;3-4H2,1-2H3;4H,2-3H2,1H3/b16-11-,20-18+,23-14+,25-17-;;;;. The van der Waals surface area contributed by atoms with Crippen molar-refractivity contribution in [3.8, 4) is 0 Å². The monoisotopic (exact) mass is 686 g/mol. The van der Waals surface area contributed by atoms with Crippen molar-refractivity contribution >= 4 is 11.6 Å². The topological polar surface area (TPSA) is 66.5 Å². The normalized spacial score (nSPS) is 12.3. The molecule has 0 aliphatic heterocycles. The summed E-state index contributed by atoms with van der Waals surface area (Å²) < 4.78 is 15.9. The second-order valence-electron chi connectivity index (χ2n) is 13.5. The Morgan fingerprint density at radius 1 is 0.837 bits per heavy atom. The molecule has 1 rings (SSSR count). The van der Waals surface area contributed by atoms with Crippen molar-refractivity contribution in [1.82, 2.24) is 0 Å². The molecule has 0 radical (unpaired) electrons. The highest BCUT2D eigenvalue weighted by Gasteiger charge is 2.25. The lowest BCUT2D eigenvalue weighted by Gasteiger charge is -2.25. The van der Waals surface area contributed by atoms with Crippen LogP contribution in [-0.2, 0) is 13.0 Å². The Morgan fingerprint density at radius 2 is 1.29 bits per heavy atom. The summed E-state index contributed by atoms with van der Waals surface area (Å²) in [5.41, 5.74) is 16.9. The molecule has 0 unspecified atom stereocenters. The van der Waals surface area contributed by atoms with Gasteiger partial charge in [0, 0.05) is 17.9 Å². The number of hydrogen-bond acceptors (Lipinski definition) is 3. The number of aliphatic hydroxyl groups excluding tert-OH is 2. The molecule has 0 fully saturated rings. The molecule has 0 atom stereocenters. The van der Waals surface area contributed by atoms with E-state index in [-0.39, 0.29) is 12.4 Å². The van der Waals surface area contributed by atoms with Crippen molar-refractivity contribution in [2.45, 2.75) is 169 Å². The van der Waals surface area contributed by atoms with Crippen LogP contribution in [0.25, 0.3) is 11.6 Å². The van der Waals surface area contributed by atoms with Gasteiger partial charge in [-0.05, 0) is 125 Å². The molecule has 1 aromatic carbocycles. The van der Waals surface area contributed by atoms with Crippen LogP contribution in [0, 0.1) is 18.2 Å². The van der Waals surface area contributed by atoms with Crippen LogP contribution >= 0.6 is 0 Å². The van der Waals surface area contributed by atoms with Crippen LogP contribution in [0.1, 0.15) is 177 Å². The number of aliphatic hydroxyl groups is 2. The fourth-order valence-corrected chi connectivity index (χ4v) is 4.19. The number of rotatable bonds is 12. The molecule has 0 aromatic heterocycles. The molecule has 0 bridgehead atoms. The predicted molar refractivity (Wildman–Crippen MR) is 222 cm³/mol. The Labute approximate surface area is 305 Å². The van der Waals surface area contributed by atoms with Gasteiger partial charge in [-0.2, -0.15) is 0 Å². The summed E-state index contributed by atoms with van der Waals surface area (Å²) in [4.78, 5) is 0. The number of halogens is 1. The molecule has 1 aromatic rings. The van der Waals surface area contributed by atoms with Crippen LogP contribution in [0.4, 0.5) is 4.39 Å². The third-order valence-electron chi connectivity index (χ3n) is 8.61. The van der Waals surface area contributed by atoms with E-state index < -0.39 is 0 Å². The summed E-state index contributed by atoms with van der Waals surface area (Å²) in [6.07, 6.45) is 13.2. The summed E-state index contributed by atoms with van der Waals surface area (Å²) in [5.74, 6) is -0.260. The Balaban J connectivity index is -0.000000432. The zero-order chi connectivity index (χ0) is 39.5. The Hall–Kier alpha value is -2.69. The van der Waals surface area contributed by atoms with Gasteiger partial charge in [-0.25, -0.2) is 4.39 Å². The van der Waals surface area contributed by atoms with E-state index in [9.17, 15) is 5.11 Å². The molecule has 284 valence electrons. The summed E-state index contributed by atoms with van der Waals surface area (Å²) in [6, 6.07) is 0. The summed E-state index contributed by atoms with van der Waals surface area (Å²) in [5, 5.41) is 18.0. The maximum Gasteiger partial charge on any atom is 0.134 e. The van der Waals surface area contributed by atoms with E-state index in [1.165, 1.54) is 31.3 Å². The third kappa shape index (κ3) is 20.6. The van der Waals surface area contributed by atoms with E-state index in [4.69, 9.17) is 10.8 Å². The van der Waals surface area contributed by atoms with Crippen LogP contribution < -0.4 is 5.73 Å². The maximum atomic E-state index is 15.9. The Morgan fingerprint density at radius 3 is 1.53 bits per heavy atom. The Bertz CT molecular complexity index is 1200. The van der Waals surface area contributed by atoms with Gasteiger partial charge in [-0.15, -0.1) is 6.58 Å². The minimum atomic E-state index is -0.260. The van der Waals surface area contributed by atoms with Crippen LogP contribution in [0.2, 0.25) is 0 Å². The van der Waals surface area contributed by atoms with Gasteiger partial charge < -0.3 is 15.9 Å². The van der Waals surface area contributed by atoms with Gasteiger partial charge in [-0.1, -0.05) is 124 Å². The number of nitrogens with two attached hydrogens (primary N) is 1. The highest BCUT2D eigenvalue weighted by molar-refractivity contribution is 5.88. The molecule has 0 saturated heterocycles. The SMILES string of the molecule is C=C(C)C.C=Cc1c(C)c(F)c(C(=C/CC)/C(=C(C)\C(C)=C/C)C(/C)=C(\C)N)c(CC)c1CO.CCC(C)(C)CC.CCCC.CCCO. The summed E-state index contributed by atoms with van der Waals surface area (Å²) >= 11 is 0. The summed E-state index contributed by atoms with van der Waals surface area (Å²) in [6.45, 7) is 42.6. The van der Waals surface area contributed by atoms with E-state index in [2.05, 4.69) is 80.7 Å². The average molecular weight is 686 g/mol.